The van der Waals surface area contributed by atoms with Crippen LogP contribution in [0.4, 0.5) is 10.5 Å². The fourth-order valence-corrected chi connectivity index (χ4v) is 2.91. The van der Waals surface area contributed by atoms with E-state index in [1.807, 2.05) is 20.8 Å². The first-order chi connectivity index (χ1) is 13.9. The number of carbonyl (C=O) groups is 3. The summed E-state index contributed by atoms with van der Waals surface area (Å²) in [6.45, 7) is 6.51. The van der Waals surface area contributed by atoms with E-state index < -0.39 is 17.8 Å². The summed E-state index contributed by atoms with van der Waals surface area (Å²) >= 11 is 0. The molecule has 1 N–H and O–H groups in total. The lowest BCUT2D eigenvalue weighted by atomic mass is 10.1. The predicted molar refractivity (Wildman–Crippen MR) is 109 cm³/mol. The smallest absolute Gasteiger partial charge is 0.335 e. The Morgan fingerprint density at radius 3 is 2.31 bits per heavy atom. The minimum absolute atomic E-state index is 0.157. The Hall–Kier alpha value is -3.61. The molecule has 1 heterocycles. The molecule has 3 rings (SSSR count). The number of barbiturate groups is 1. The molecule has 7 heteroatoms. The van der Waals surface area contributed by atoms with Gasteiger partial charge in [0.1, 0.15) is 17.1 Å². The summed E-state index contributed by atoms with van der Waals surface area (Å²) in [5, 5.41) is 2.22. The van der Waals surface area contributed by atoms with Crippen molar-refractivity contribution >= 4 is 29.6 Å². The van der Waals surface area contributed by atoms with Gasteiger partial charge in [-0.05, 0) is 51.1 Å². The van der Waals surface area contributed by atoms with E-state index in [1.54, 1.807) is 42.5 Å². The minimum Gasteiger partial charge on any atom is -0.494 e. The number of ether oxygens (including phenoxy) is 2. The highest BCUT2D eigenvalue weighted by Crippen LogP contribution is 2.29. The van der Waals surface area contributed by atoms with E-state index in [9.17, 15) is 14.4 Å². The van der Waals surface area contributed by atoms with Crippen molar-refractivity contribution in [1.82, 2.24) is 5.32 Å². The third-order valence-electron chi connectivity index (χ3n) is 4.29. The maximum Gasteiger partial charge on any atom is 0.335 e. The average Bonchev–Trinajstić information content (AvgIpc) is 2.68. The molecule has 7 nitrogen and oxygen atoms in total. The average molecular weight is 394 g/mol. The molecule has 150 valence electrons. The van der Waals surface area contributed by atoms with Crippen molar-refractivity contribution in [3.05, 3.63) is 59.2 Å². The fourth-order valence-electron chi connectivity index (χ4n) is 2.91. The Labute approximate surface area is 168 Å². The van der Waals surface area contributed by atoms with E-state index in [0.717, 1.165) is 10.5 Å². The van der Waals surface area contributed by atoms with Gasteiger partial charge < -0.3 is 9.47 Å². The van der Waals surface area contributed by atoms with Crippen LogP contribution in [0.25, 0.3) is 6.08 Å². The number of nitrogens with one attached hydrogen (secondary N) is 1. The lowest BCUT2D eigenvalue weighted by molar-refractivity contribution is -0.122. The summed E-state index contributed by atoms with van der Waals surface area (Å²) in [5.74, 6) is -0.349. The van der Waals surface area contributed by atoms with Crippen LogP contribution in [0.5, 0.6) is 11.5 Å². The van der Waals surface area contributed by atoms with Gasteiger partial charge in [-0.1, -0.05) is 17.7 Å². The Morgan fingerprint density at radius 2 is 1.66 bits per heavy atom. The van der Waals surface area contributed by atoms with E-state index in [-0.39, 0.29) is 5.57 Å². The summed E-state index contributed by atoms with van der Waals surface area (Å²) in [6.07, 6.45) is 1.42. The molecule has 1 aliphatic rings. The number of anilines is 1. The molecule has 1 aliphatic heterocycles. The van der Waals surface area contributed by atoms with E-state index in [2.05, 4.69) is 5.32 Å². The van der Waals surface area contributed by atoms with Crippen molar-refractivity contribution in [3.63, 3.8) is 0 Å². The third kappa shape index (κ3) is 4.29. The molecular formula is C22H22N2O5. The number of carbonyl (C=O) groups excluding carboxylic acids is 3. The van der Waals surface area contributed by atoms with E-state index in [0.29, 0.717) is 36.0 Å². The first kappa shape index (κ1) is 20.1. The van der Waals surface area contributed by atoms with Gasteiger partial charge in [-0.25, -0.2) is 9.69 Å². The molecule has 4 amide bonds. The molecule has 1 saturated heterocycles. The summed E-state index contributed by atoms with van der Waals surface area (Å²) in [6, 6.07) is 11.2. The zero-order chi connectivity index (χ0) is 21.0. The molecule has 0 radical (unpaired) electrons. The zero-order valence-electron chi connectivity index (χ0n) is 16.5. The number of rotatable bonds is 6. The molecule has 0 spiro atoms. The van der Waals surface area contributed by atoms with Crippen LogP contribution in [-0.2, 0) is 9.59 Å². The van der Waals surface area contributed by atoms with Gasteiger partial charge in [0.25, 0.3) is 11.8 Å². The van der Waals surface area contributed by atoms with E-state index >= 15 is 0 Å². The largest absolute Gasteiger partial charge is 0.494 e. The number of benzene rings is 2. The molecule has 0 bridgehead atoms. The molecule has 0 aliphatic carbocycles. The highest BCUT2D eigenvalue weighted by atomic mass is 16.5. The number of hydrogen-bond acceptors (Lipinski definition) is 5. The van der Waals surface area contributed by atoms with Crippen LogP contribution in [0.3, 0.4) is 0 Å². The van der Waals surface area contributed by atoms with Crippen molar-refractivity contribution in [1.29, 1.82) is 0 Å². The number of nitrogens with zero attached hydrogens (tertiary/aromatic N) is 1. The van der Waals surface area contributed by atoms with Gasteiger partial charge in [0.2, 0.25) is 0 Å². The highest BCUT2D eigenvalue weighted by Gasteiger charge is 2.36. The van der Waals surface area contributed by atoms with Crippen molar-refractivity contribution in [2.45, 2.75) is 20.8 Å². The summed E-state index contributed by atoms with van der Waals surface area (Å²) in [5.41, 5.74) is 1.75. The fraction of sp³-hybridized carbons (Fsp3) is 0.227. The Bertz CT molecular complexity index is 979. The minimum atomic E-state index is -0.780. The van der Waals surface area contributed by atoms with Gasteiger partial charge in [-0.3, -0.25) is 14.9 Å². The SMILES string of the molecule is CCOc1ccc(/C=C2/C(=O)NC(=O)N(c3ccc(C)cc3)C2=O)c(OCC)c1. The second-order valence-electron chi connectivity index (χ2n) is 6.36. The first-order valence-electron chi connectivity index (χ1n) is 9.32. The molecule has 0 aromatic heterocycles. The molecule has 0 unspecified atom stereocenters. The number of imide groups is 2. The molecule has 0 atom stereocenters. The van der Waals surface area contributed by atoms with Crippen molar-refractivity contribution < 1.29 is 23.9 Å². The van der Waals surface area contributed by atoms with Crippen molar-refractivity contribution in [2.24, 2.45) is 0 Å². The number of amides is 4. The number of aryl methyl sites for hydroxylation is 1. The van der Waals surface area contributed by atoms with Crippen LogP contribution in [0.1, 0.15) is 25.0 Å². The molecule has 2 aromatic carbocycles. The van der Waals surface area contributed by atoms with E-state index in [4.69, 9.17) is 9.47 Å². The molecule has 29 heavy (non-hydrogen) atoms. The van der Waals surface area contributed by atoms with Crippen LogP contribution in [0.15, 0.2) is 48.0 Å². The Kier molecular flexibility index (Phi) is 5.97. The standard InChI is InChI=1S/C22H22N2O5/c1-4-28-17-11-8-15(19(13-17)29-5-2)12-18-20(25)23-22(27)24(21(18)26)16-9-6-14(3)7-10-16/h6-13H,4-5H2,1-3H3,(H,23,25,27)/b18-12-. The van der Waals surface area contributed by atoms with Crippen molar-refractivity contribution in [2.75, 3.05) is 18.1 Å². The van der Waals surface area contributed by atoms with Gasteiger partial charge in [0.15, 0.2) is 0 Å². The second-order valence-corrected chi connectivity index (χ2v) is 6.36. The van der Waals surface area contributed by atoms with Crippen LogP contribution < -0.4 is 19.7 Å². The Morgan fingerprint density at radius 1 is 0.966 bits per heavy atom. The monoisotopic (exact) mass is 394 g/mol. The molecule has 2 aromatic rings. The van der Waals surface area contributed by atoms with Gasteiger partial charge in [-0.15, -0.1) is 0 Å². The van der Waals surface area contributed by atoms with Gasteiger partial charge >= 0.3 is 6.03 Å². The molecule has 1 fully saturated rings. The number of urea groups is 1. The molecule has 0 saturated carbocycles. The van der Waals surface area contributed by atoms with Crippen molar-refractivity contribution in [3.8, 4) is 11.5 Å². The summed E-state index contributed by atoms with van der Waals surface area (Å²) in [7, 11) is 0. The maximum atomic E-state index is 13.0. The third-order valence-corrected chi connectivity index (χ3v) is 4.29. The van der Waals surface area contributed by atoms with Gasteiger partial charge in [0, 0.05) is 11.6 Å². The predicted octanol–water partition coefficient (Wildman–Crippen LogP) is 3.46. The van der Waals surface area contributed by atoms with Crippen LogP contribution in [0.2, 0.25) is 0 Å². The normalized spacial score (nSPS) is 15.5. The lowest BCUT2D eigenvalue weighted by Crippen LogP contribution is -2.54. The summed E-state index contributed by atoms with van der Waals surface area (Å²) < 4.78 is 11.1. The van der Waals surface area contributed by atoms with Crippen LogP contribution in [0, 0.1) is 6.92 Å². The summed E-state index contributed by atoms with van der Waals surface area (Å²) in [4.78, 5) is 38.6. The maximum absolute atomic E-state index is 13.0. The van der Waals surface area contributed by atoms with Gasteiger partial charge in [0.05, 0.1) is 18.9 Å². The lowest BCUT2D eigenvalue weighted by Gasteiger charge is -2.26. The first-order valence-corrected chi connectivity index (χ1v) is 9.32. The second kappa shape index (κ2) is 8.60. The Balaban J connectivity index is 2.01. The molecular weight excluding hydrogens is 372 g/mol. The topological polar surface area (TPSA) is 84.9 Å². The van der Waals surface area contributed by atoms with Gasteiger partial charge in [-0.2, -0.15) is 0 Å². The highest BCUT2D eigenvalue weighted by molar-refractivity contribution is 6.39. The number of hydrogen-bond donors (Lipinski definition) is 1. The quantitative estimate of drug-likeness (QED) is 0.599. The van der Waals surface area contributed by atoms with Crippen LogP contribution >= 0.6 is 0 Å². The zero-order valence-corrected chi connectivity index (χ0v) is 16.5. The van der Waals surface area contributed by atoms with Crippen LogP contribution in [-0.4, -0.2) is 31.1 Å². The van der Waals surface area contributed by atoms with E-state index in [1.165, 1.54) is 6.08 Å².